The highest BCUT2D eigenvalue weighted by Gasteiger charge is 2.06. The molecule has 0 aliphatic rings. The van der Waals surface area contributed by atoms with E-state index in [1.54, 1.807) is 24.9 Å². The summed E-state index contributed by atoms with van der Waals surface area (Å²) >= 11 is 0. The number of hydrogen-bond donors (Lipinski definition) is 2. The second kappa shape index (κ2) is 8.24. The summed E-state index contributed by atoms with van der Waals surface area (Å²) < 4.78 is 10.9. The number of oxazole rings is 1. The van der Waals surface area contributed by atoms with Crippen LogP contribution in [0.3, 0.4) is 0 Å². The van der Waals surface area contributed by atoms with E-state index in [0.717, 1.165) is 16.9 Å². The molecular formula is C18H19N3O3. The third-order valence-corrected chi connectivity index (χ3v) is 3.49. The van der Waals surface area contributed by atoms with Gasteiger partial charge in [-0.1, -0.05) is 6.07 Å². The van der Waals surface area contributed by atoms with Crippen molar-refractivity contribution in [2.75, 3.05) is 19.7 Å². The van der Waals surface area contributed by atoms with E-state index < -0.39 is 6.10 Å². The second-order valence-corrected chi connectivity index (χ2v) is 5.22. The van der Waals surface area contributed by atoms with Gasteiger partial charge in [0.1, 0.15) is 18.6 Å². The lowest BCUT2D eigenvalue weighted by Crippen LogP contribution is -2.26. The molecule has 2 aromatic heterocycles. The summed E-state index contributed by atoms with van der Waals surface area (Å²) in [4.78, 5) is 8.09. The first-order valence-electron chi connectivity index (χ1n) is 7.74. The van der Waals surface area contributed by atoms with Crippen LogP contribution in [0.15, 0.2) is 65.7 Å². The van der Waals surface area contributed by atoms with Crippen LogP contribution in [-0.4, -0.2) is 34.8 Å². The summed E-state index contributed by atoms with van der Waals surface area (Å²) in [5.41, 5.74) is 1.71. The quantitative estimate of drug-likeness (QED) is 0.619. The van der Waals surface area contributed by atoms with Gasteiger partial charge in [-0.15, -0.1) is 0 Å². The fourth-order valence-electron chi connectivity index (χ4n) is 2.23. The van der Waals surface area contributed by atoms with Gasteiger partial charge in [0.25, 0.3) is 0 Å². The number of hydrogen-bond acceptors (Lipinski definition) is 6. The molecule has 6 heteroatoms. The average molecular weight is 325 g/mol. The maximum atomic E-state index is 10.00. The van der Waals surface area contributed by atoms with E-state index in [4.69, 9.17) is 9.15 Å². The number of benzene rings is 1. The standard InChI is InChI=1S/C18H19N3O3/c22-17(15-2-1-7-19-12-15)13-20-8-10-23-16-5-3-14(4-6-16)18-21-9-11-24-18/h1-7,9,11-12,17,20,22H,8,10,13H2/t17-/m0/s1. The smallest absolute Gasteiger partial charge is 0.225 e. The Morgan fingerprint density at radius 3 is 2.75 bits per heavy atom. The molecular weight excluding hydrogens is 306 g/mol. The van der Waals surface area contributed by atoms with E-state index in [0.29, 0.717) is 25.6 Å². The Hall–Kier alpha value is -2.70. The van der Waals surface area contributed by atoms with Crippen molar-refractivity contribution in [1.29, 1.82) is 0 Å². The van der Waals surface area contributed by atoms with E-state index in [2.05, 4.69) is 15.3 Å². The molecule has 24 heavy (non-hydrogen) atoms. The summed E-state index contributed by atoms with van der Waals surface area (Å²) in [6.07, 6.45) is 5.94. The fraction of sp³-hybridized carbons (Fsp3) is 0.222. The fourth-order valence-corrected chi connectivity index (χ4v) is 2.23. The number of rotatable bonds is 8. The van der Waals surface area contributed by atoms with Gasteiger partial charge in [0.15, 0.2) is 0 Å². The van der Waals surface area contributed by atoms with Gasteiger partial charge in [0.05, 0.1) is 12.3 Å². The Kier molecular flexibility index (Phi) is 5.55. The molecule has 0 aliphatic heterocycles. The minimum atomic E-state index is -0.571. The Balaban J connectivity index is 1.37. The molecule has 0 fully saturated rings. The summed E-state index contributed by atoms with van der Waals surface area (Å²) in [7, 11) is 0. The largest absolute Gasteiger partial charge is 0.492 e. The van der Waals surface area contributed by atoms with Crippen molar-refractivity contribution in [2.45, 2.75) is 6.10 Å². The average Bonchev–Trinajstić information content (AvgIpc) is 3.17. The molecule has 2 N–H and O–H groups in total. The Bertz CT molecular complexity index is 715. The maximum Gasteiger partial charge on any atom is 0.225 e. The van der Waals surface area contributed by atoms with Gasteiger partial charge in [0.2, 0.25) is 5.89 Å². The molecule has 1 atom stereocenters. The van der Waals surface area contributed by atoms with Crippen LogP contribution in [0.25, 0.3) is 11.5 Å². The molecule has 0 unspecified atom stereocenters. The number of ether oxygens (including phenoxy) is 1. The van der Waals surface area contributed by atoms with Crippen molar-refractivity contribution < 1.29 is 14.3 Å². The van der Waals surface area contributed by atoms with Crippen LogP contribution in [0, 0.1) is 0 Å². The van der Waals surface area contributed by atoms with Gasteiger partial charge in [0, 0.05) is 36.6 Å². The third-order valence-electron chi connectivity index (χ3n) is 3.49. The topological polar surface area (TPSA) is 80.4 Å². The monoisotopic (exact) mass is 325 g/mol. The molecule has 0 saturated carbocycles. The van der Waals surface area contributed by atoms with Gasteiger partial charge in [-0.2, -0.15) is 0 Å². The van der Waals surface area contributed by atoms with Crippen molar-refractivity contribution in [2.24, 2.45) is 0 Å². The molecule has 0 amide bonds. The predicted molar refractivity (Wildman–Crippen MR) is 89.5 cm³/mol. The molecule has 3 rings (SSSR count). The molecule has 0 saturated heterocycles. The lowest BCUT2D eigenvalue weighted by atomic mass is 10.1. The van der Waals surface area contributed by atoms with Crippen LogP contribution in [0.1, 0.15) is 11.7 Å². The number of aliphatic hydroxyl groups excluding tert-OH is 1. The summed E-state index contributed by atoms with van der Waals surface area (Å²) in [5, 5.41) is 13.2. The van der Waals surface area contributed by atoms with Gasteiger partial charge in [-0.25, -0.2) is 4.98 Å². The van der Waals surface area contributed by atoms with E-state index in [-0.39, 0.29) is 0 Å². The van der Waals surface area contributed by atoms with E-state index in [1.807, 2.05) is 36.4 Å². The first-order valence-corrected chi connectivity index (χ1v) is 7.74. The highest BCUT2D eigenvalue weighted by molar-refractivity contribution is 5.54. The molecule has 124 valence electrons. The van der Waals surface area contributed by atoms with E-state index >= 15 is 0 Å². The highest BCUT2D eigenvalue weighted by Crippen LogP contribution is 2.20. The van der Waals surface area contributed by atoms with E-state index in [1.165, 1.54) is 0 Å². The zero-order valence-corrected chi connectivity index (χ0v) is 13.1. The molecule has 0 bridgehead atoms. The van der Waals surface area contributed by atoms with Gasteiger partial charge in [-0.05, 0) is 30.3 Å². The van der Waals surface area contributed by atoms with Gasteiger partial charge < -0.3 is 19.6 Å². The highest BCUT2D eigenvalue weighted by atomic mass is 16.5. The normalized spacial score (nSPS) is 12.0. The third kappa shape index (κ3) is 4.41. The number of nitrogens with one attached hydrogen (secondary N) is 1. The SMILES string of the molecule is O[C@@H](CNCCOc1ccc(-c2ncco2)cc1)c1cccnc1. The Morgan fingerprint density at radius 1 is 1.17 bits per heavy atom. The van der Waals surface area contributed by atoms with Crippen molar-refractivity contribution in [3.63, 3.8) is 0 Å². The zero-order valence-electron chi connectivity index (χ0n) is 13.1. The molecule has 0 radical (unpaired) electrons. The second-order valence-electron chi connectivity index (χ2n) is 5.22. The van der Waals surface area contributed by atoms with E-state index in [9.17, 15) is 5.11 Å². The minimum Gasteiger partial charge on any atom is -0.492 e. The number of nitrogens with zero attached hydrogens (tertiary/aromatic N) is 2. The lowest BCUT2D eigenvalue weighted by Gasteiger charge is -2.12. The predicted octanol–water partition coefficient (Wildman–Crippen LogP) is 2.44. The first kappa shape index (κ1) is 16.2. The summed E-state index contributed by atoms with van der Waals surface area (Å²) in [6, 6.07) is 11.2. The number of pyridine rings is 1. The van der Waals surface area contributed by atoms with Crippen molar-refractivity contribution in [1.82, 2.24) is 15.3 Å². The van der Waals surface area contributed by atoms with Crippen molar-refractivity contribution in [3.8, 4) is 17.2 Å². The van der Waals surface area contributed by atoms with Crippen LogP contribution in [-0.2, 0) is 0 Å². The van der Waals surface area contributed by atoms with Gasteiger partial charge >= 0.3 is 0 Å². The molecule has 0 aliphatic carbocycles. The lowest BCUT2D eigenvalue weighted by molar-refractivity contribution is 0.171. The Morgan fingerprint density at radius 2 is 2.04 bits per heavy atom. The first-order chi connectivity index (χ1) is 11.8. The zero-order chi connectivity index (χ0) is 16.6. The van der Waals surface area contributed by atoms with Crippen LogP contribution < -0.4 is 10.1 Å². The van der Waals surface area contributed by atoms with Gasteiger partial charge in [-0.3, -0.25) is 4.98 Å². The number of aliphatic hydroxyl groups is 1. The Labute approximate surface area is 140 Å². The minimum absolute atomic E-state index is 0.457. The van der Waals surface area contributed by atoms with Crippen molar-refractivity contribution in [3.05, 3.63) is 66.8 Å². The molecule has 2 heterocycles. The van der Waals surface area contributed by atoms with Crippen molar-refractivity contribution >= 4 is 0 Å². The summed E-state index contributed by atoms with van der Waals surface area (Å²) in [6.45, 7) is 1.61. The molecule has 6 nitrogen and oxygen atoms in total. The van der Waals surface area contributed by atoms with Crippen LogP contribution in [0.5, 0.6) is 5.75 Å². The maximum absolute atomic E-state index is 10.00. The van der Waals surface area contributed by atoms with Crippen LogP contribution in [0.2, 0.25) is 0 Å². The molecule has 0 spiro atoms. The van der Waals surface area contributed by atoms with Crippen LogP contribution in [0.4, 0.5) is 0 Å². The molecule has 3 aromatic rings. The number of aromatic nitrogens is 2. The summed E-state index contributed by atoms with van der Waals surface area (Å²) in [5.74, 6) is 1.37. The van der Waals surface area contributed by atoms with Crippen LogP contribution >= 0.6 is 0 Å². The molecule has 1 aromatic carbocycles.